The first kappa shape index (κ1) is 21.7. The molecule has 0 fully saturated rings. The van der Waals surface area contributed by atoms with E-state index in [-0.39, 0.29) is 24.0 Å². The Bertz CT molecular complexity index is 1340. The number of nitrogens with two attached hydrogens (primary N) is 2. The number of amides is 1. The van der Waals surface area contributed by atoms with Crippen LogP contribution in [-0.4, -0.2) is 38.1 Å². The van der Waals surface area contributed by atoms with Crippen molar-refractivity contribution in [3.05, 3.63) is 65.0 Å². The normalized spacial score (nSPS) is 17.8. The number of carbonyl (C=O) groups is 1. The molecule has 2 atom stereocenters. The molecule has 2 unspecified atom stereocenters. The lowest BCUT2D eigenvalue weighted by Crippen LogP contribution is -2.28. The molecule has 0 aliphatic carbocycles. The maximum atomic E-state index is 14.0. The molecule has 0 spiro atoms. The second-order valence-corrected chi connectivity index (χ2v) is 9.60. The number of aromatic nitrogens is 2. The summed E-state index contributed by atoms with van der Waals surface area (Å²) in [4.78, 5) is 15.1. The molecule has 2 bridgehead atoms. The maximum Gasteiger partial charge on any atom is 0.254 e. The molecule has 0 saturated carbocycles. The minimum atomic E-state index is -2.99. The first-order valence-corrected chi connectivity index (χ1v) is 11.5. The van der Waals surface area contributed by atoms with E-state index in [0.717, 1.165) is 0 Å². The molecule has 32 heavy (non-hydrogen) atoms. The van der Waals surface area contributed by atoms with Crippen LogP contribution in [0, 0.1) is 5.82 Å². The Morgan fingerprint density at radius 1 is 1.19 bits per heavy atom. The van der Waals surface area contributed by atoms with Gasteiger partial charge in [-0.15, -0.1) is 10.2 Å². The van der Waals surface area contributed by atoms with E-state index < -0.39 is 21.6 Å². The van der Waals surface area contributed by atoms with Crippen LogP contribution < -0.4 is 15.6 Å². The number of halogens is 1. The molecule has 1 amide bonds. The molecule has 8 nitrogen and oxygen atoms in total. The van der Waals surface area contributed by atoms with Crippen LogP contribution in [-0.2, 0) is 16.3 Å². The van der Waals surface area contributed by atoms with Crippen molar-refractivity contribution in [2.75, 3.05) is 12.8 Å². The fourth-order valence-electron chi connectivity index (χ4n) is 3.61. The van der Waals surface area contributed by atoms with E-state index in [1.54, 1.807) is 38.2 Å². The van der Waals surface area contributed by atoms with Crippen molar-refractivity contribution < 1.29 is 18.1 Å². The van der Waals surface area contributed by atoms with Gasteiger partial charge in [-0.25, -0.2) is 8.60 Å². The summed E-state index contributed by atoms with van der Waals surface area (Å²) in [5.74, 6) is 3.00. The Hall–Kier alpha value is -3.50. The van der Waals surface area contributed by atoms with E-state index in [2.05, 4.69) is 16.1 Å². The molecule has 4 rings (SSSR count). The molecule has 1 aliphatic heterocycles. The van der Waals surface area contributed by atoms with E-state index >= 15 is 0 Å². The first-order valence-electron chi connectivity index (χ1n) is 9.67. The SMILES string of the molecule is C=S(N)(=O)c1ccc2c(c1)-c1cc(c(N)nn1)OC(C)c1cc(F)ccc1C(=O)N(C)C2. The predicted molar refractivity (Wildman–Crippen MR) is 121 cm³/mol. The third-order valence-electron chi connectivity index (χ3n) is 5.28. The highest BCUT2D eigenvalue weighted by molar-refractivity contribution is 7.98. The molecule has 0 saturated heterocycles. The van der Waals surface area contributed by atoms with Crippen LogP contribution in [0.15, 0.2) is 47.4 Å². The van der Waals surface area contributed by atoms with Gasteiger partial charge in [-0.05, 0) is 48.7 Å². The molecule has 2 heterocycles. The van der Waals surface area contributed by atoms with E-state index in [4.69, 9.17) is 15.6 Å². The van der Waals surface area contributed by atoms with Gasteiger partial charge in [0.05, 0.1) is 15.4 Å². The molecule has 4 N–H and O–H groups in total. The quantitative estimate of drug-likeness (QED) is 0.544. The summed E-state index contributed by atoms with van der Waals surface area (Å²) < 4.78 is 32.3. The zero-order valence-electron chi connectivity index (χ0n) is 17.5. The van der Waals surface area contributed by atoms with Crippen LogP contribution in [0.5, 0.6) is 5.75 Å². The average molecular weight is 456 g/mol. The number of nitrogen functional groups attached to an aromatic ring is 1. The van der Waals surface area contributed by atoms with E-state index in [9.17, 15) is 13.4 Å². The summed E-state index contributed by atoms with van der Waals surface area (Å²) in [6, 6.07) is 10.5. The lowest BCUT2D eigenvalue weighted by molar-refractivity contribution is 0.0780. The van der Waals surface area contributed by atoms with Crippen molar-refractivity contribution >= 4 is 27.3 Å². The van der Waals surface area contributed by atoms with Gasteiger partial charge in [0.1, 0.15) is 11.9 Å². The maximum absolute atomic E-state index is 14.0. The van der Waals surface area contributed by atoms with Gasteiger partial charge in [-0.1, -0.05) is 6.07 Å². The fourth-order valence-corrected chi connectivity index (χ4v) is 4.22. The number of fused-ring (bicyclic) bond motifs is 5. The van der Waals surface area contributed by atoms with Gasteiger partial charge in [0.15, 0.2) is 11.6 Å². The minimum Gasteiger partial charge on any atom is -0.482 e. The van der Waals surface area contributed by atoms with Gasteiger partial charge in [-0.3, -0.25) is 9.93 Å². The number of hydrogen-bond acceptors (Lipinski definition) is 6. The molecular weight excluding hydrogens is 433 g/mol. The van der Waals surface area contributed by atoms with Crippen molar-refractivity contribution in [3.8, 4) is 17.0 Å². The Balaban J connectivity index is 1.96. The summed E-state index contributed by atoms with van der Waals surface area (Å²) in [6.45, 7) is 1.89. The summed E-state index contributed by atoms with van der Waals surface area (Å²) in [5, 5.41) is 13.9. The summed E-state index contributed by atoms with van der Waals surface area (Å²) in [6.07, 6.45) is -0.703. The predicted octanol–water partition coefficient (Wildman–Crippen LogP) is 2.54. The molecule has 166 valence electrons. The number of rotatable bonds is 1. The van der Waals surface area contributed by atoms with Crippen molar-refractivity contribution in [2.45, 2.75) is 24.5 Å². The van der Waals surface area contributed by atoms with Crippen molar-refractivity contribution in [3.63, 3.8) is 0 Å². The van der Waals surface area contributed by atoms with Crippen LogP contribution in [0.4, 0.5) is 10.2 Å². The third-order valence-corrected chi connectivity index (χ3v) is 6.33. The molecule has 1 aliphatic rings. The van der Waals surface area contributed by atoms with Gasteiger partial charge in [0, 0.05) is 41.2 Å². The topological polar surface area (TPSA) is 124 Å². The van der Waals surface area contributed by atoms with E-state index in [1.807, 2.05) is 0 Å². The average Bonchev–Trinajstić information content (AvgIpc) is 2.73. The zero-order chi connectivity index (χ0) is 23.2. The number of ether oxygens (including phenoxy) is 1. The minimum absolute atomic E-state index is 0.0385. The number of anilines is 1. The van der Waals surface area contributed by atoms with Gasteiger partial charge < -0.3 is 15.4 Å². The summed E-state index contributed by atoms with van der Waals surface area (Å²) in [5.41, 5.74) is 8.32. The number of nitrogens with zero attached hydrogens (tertiary/aromatic N) is 3. The van der Waals surface area contributed by atoms with Gasteiger partial charge >= 0.3 is 0 Å². The largest absolute Gasteiger partial charge is 0.482 e. The van der Waals surface area contributed by atoms with Crippen LogP contribution in [0.3, 0.4) is 0 Å². The lowest BCUT2D eigenvalue weighted by atomic mass is 9.99. The van der Waals surface area contributed by atoms with Crippen LogP contribution >= 0.6 is 0 Å². The molecule has 10 heteroatoms. The second kappa shape index (κ2) is 7.88. The molecule has 0 radical (unpaired) electrons. The highest BCUT2D eigenvalue weighted by atomic mass is 32.2. The van der Waals surface area contributed by atoms with Gasteiger partial charge in [0.2, 0.25) is 0 Å². The Labute approximate surface area is 185 Å². The van der Waals surface area contributed by atoms with Gasteiger partial charge in [-0.2, -0.15) is 0 Å². The Morgan fingerprint density at radius 3 is 2.66 bits per heavy atom. The fraction of sp³-hybridized carbons (Fsp3) is 0.182. The number of carbonyl (C=O) groups excluding carboxylic acids is 1. The smallest absolute Gasteiger partial charge is 0.254 e. The number of hydrogen-bond donors (Lipinski definition) is 2. The van der Waals surface area contributed by atoms with Crippen LogP contribution in [0.1, 0.15) is 34.5 Å². The van der Waals surface area contributed by atoms with Gasteiger partial charge in [0.25, 0.3) is 5.91 Å². The second-order valence-electron chi connectivity index (χ2n) is 7.68. The standard InChI is InChI=1S/C22H22FN5O3S/c1-12-17-8-14(23)5-7-16(17)22(29)28(2)11-13-4-6-15(32(3,25)30)9-18(13)19-10-20(31-12)21(24)27-26-19/h4-10,12H,3,11H2,1-2H3,(H2,24,27)(H2,25,30). The molecular formula is C22H22FN5O3S. The van der Waals surface area contributed by atoms with Crippen molar-refractivity contribution in [2.24, 2.45) is 5.14 Å². The monoisotopic (exact) mass is 455 g/mol. The van der Waals surface area contributed by atoms with Crippen molar-refractivity contribution in [1.29, 1.82) is 0 Å². The first-order chi connectivity index (χ1) is 15.0. The van der Waals surface area contributed by atoms with E-state index in [1.165, 1.54) is 23.1 Å². The number of benzene rings is 2. The Morgan fingerprint density at radius 2 is 1.94 bits per heavy atom. The highest BCUT2D eigenvalue weighted by Gasteiger charge is 2.25. The molecule has 2 aromatic carbocycles. The Kier molecular flexibility index (Phi) is 5.35. The lowest BCUT2D eigenvalue weighted by Gasteiger charge is -2.25. The summed E-state index contributed by atoms with van der Waals surface area (Å²) >= 11 is 0. The highest BCUT2D eigenvalue weighted by Crippen LogP contribution is 2.34. The third kappa shape index (κ3) is 4.02. The zero-order valence-corrected chi connectivity index (χ0v) is 18.4. The van der Waals surface area contributed by atoms with Crippen molar-refractivity contribution in [1.82, 2.24) is 15.1 Å². The summed E-state index contributed by atoms with van der Waals surface area (Å²) in [7, 11) is -1.35. The van der Waals surface area contributed by atoms with Crippen LogP contribution in [0.2, 0.25) is 0 Å². The van der Waals surface area contributed by atoms with Crippen LogP contribution in [0.25, 0.3) is 11.3 Å². The molecule has 1 aromatic heterocycles. The van der Waals surface area contributed by atoms with E-state index in [0.29, 0.717) is 32.8 Å². The molecule has 3 aromatic rings.